The van der Waals surface area contributed by atoms with Crippen LogP contribution in [0.15, 0.2) is 18.5 Å². The molecule has 1 heterocycles. The third-order valence-corrected chi connectivity index (χ3v) is 1.40. The smallest absolute Gasteiger partial charge is 0.232 e. The summed E-state index contributed by atoms with van der Waals surface area (Å²) in [5.74, 6) is -0.270. The first-order valence-corrected chi connectivity index (χ1v) is 3.89. The number of amides is 1. The number of carbonyl (C=O) groups is 1. The molecule has 1 amide bonds. The van der Waals surface area contributed by atoms with Gasteiger partial charge < -0.3 is 5.73 Å². The predicted molar refractivity (Wildman–Crippen MR) is 49.6 cm³/mol. The first-order valence-electron chi connectivity index (χ1n) is 3.89. The number of aromatic nitrogens is 2. The fourth-order valence-electron chi connectivity index (χ4n) is 0.793. The van der Waals surface area contributed by atoms with Gasteiger partial charge in [0.2, 0.25) is 11.7 Å². The number of hydrogen-bond donors (Lipinski definition) is 1. The molecular weight excluding hydrogens is 180 g/mol. The lowest BCUT2D eigenvalue weighted by Crippen LogP contribution is -2.07. The van der Waals surface area contributed by atoms with Crippen LogP contribution in [0.1, 0.15) is 17.8 Å². The van der Waals surface area contributed by atoms with Crippen LogP contribution in [0.4, 0.5) is 0 Å². The number of rotatable bonds is 3. The first-order chi connectivity index (χ1) is 6.72. The van der Waals surface area contributed by atoms with Crippen molar-refractivity contribution in [2.45, 2.75) is 6.42 Å². The topological polar surface area (TPSA) is 92.7 Å². The van der Waals surface area contributed by atoms with Crippen LogP contribution < -0.4 is 5.73 Å². The van der Waals surface area contributed by atoms with Crippen LogP contribution in [0, 0.1) is 11.3 Å². The summed E-state index contributed by atoms with van der Waals surface area (Å²) in [6.07, 6.45) is 6.48. The Morgan fingerprint density at radius 2 is 2.21 bits per heavy atom. The molecule has 0 aliphatic carbocycles. The monoisotopic (exact) mass is 188 g/mol. The minimum Gasteiger partial charge on any atom is -0.369 e. The molecule has 5 heteroatoms. The molecule has 0 fully saturated rings. The Hall–Kier alpha value is -2.22. The van der Waals surface area contributed by atoms with Gasteiger partial charge in [0.15, 0.2) is 0 Å². The first kappa shape index (κ1) is 9.86. The average molecular weight is 188 g/mol. The highest BCUT2D eigenvalue weighted by Crippen LogP contribution is 1.99. The zero-order chi connectivity index (χ0) is 10.4. The van der Waals surface area contributed by atoms with Gasteiger partial charge in [-0.05, 0) is 0 Å². The van der Waals surface area contributed by atoms with E-state index in [2.05, 4.69) is 9.97 Å². The van der Waals surface area contributed by atoms with E-state index in [-0.39, 0.29) is 12.2 Å². The van der Waals surface area contributed by atoms with E-state index in [9.17, 15) is 4.79 Å². The molecule has 0 radical (unpaired) electrons. The summed E-state index contributed by atoms with van der Waals surface area (Å²) in [6.45, 7) is 0. The molecule has 2 N–H and O–H groups in total. The van der Waals surface area contributed by atoms with E-state index in [0.29, 0.717) is 0 Å². The summed E-state index contributed by atoms with van der Waals surface area (Å²) in [6, 6.07) is 1.81. The Kier molecular flexibility index (Phi) is 3.33. The maximum atomic E-state index is 10.4. The average Bonchev–Trinajstić information content (AvgIpc) is 2.18. The molecule has 0 bridgehead atoms. The van der Waals surface area contributed by atoms with Crippen molar-refractivity contribution in [2.24, 2.45) is 5.73 Å². The lowest BCUT2D eigenvalue weighted by molar-refractivity contribution is -0.117. The third-order valence-electron chi connectivity index (χ3n) is 1.40. The van der Waals surface area contributed by atoms with Crippen molar-refractivity contribution in [1.29, 1.82) is 5.26 Å². The number of nitrogens with zero attached hydrogens (tertiary/aromatic N) is 3. The largest absolute Gasteiger partial charge is 0.369 e. The fraction of sp³-hybridized carbons (Fsp3) is 0.111. The number of primary amides is 1. The second-order valence-corrected chi connectivity index (χ2v) is 2.52. The molecule has 5 nitrogen and oxygen atoms in total. The Labute approximate surface area is 80.9 Å². The molecule has 0 aliphatic rings. The number of nitrogens with two attached hydrogens (primary N) is 1. The Bertz CT molecular complexity index is 388. The molecule has 0 aliphatic heterocycles. The van der Waals surface area contributed by atoms with Crippen LogP contribution in [-0.2, 0) is 4.79 Å². The van der Waals surface area contributed by atoms with E-state index in [4.69, 9.17) is 11.0 Å². The van der Waals surface area contributed by atoms with Gasteiger partial charge in [0.05, 0.1) is 0 Å². The molecule has 1 aromatic rings. The lowest BCUT2D eigenvalue weighted by atomic mass is 10.3. The summed E-state index contributed by atoms with van der Waals surface area (Å²) >= 11 is 0. The molecule has 0 saturated carbocycles. The highest BCUT2D eigenvalue weighted by molar-refractivity contribution is 5.76. The lowest BCUT2D eigenvalue weighted by Gasteiger charge is -1.91. The molecule has 1 rings (SSSR count). The second-order valence-electron chi connectivity index (χ2n) is 2.52. The van der Waals surface area contributed by atoms with Crippen LogP contribution in [0.5, 0.6) is 0 Å². The minimum absolute atomic E-state index is 0.122. The van der Waals surface area contributed by atoms with Crippen molar-refractivity contribution < 1.29 is 4.79 Å². The quantitative estimate of drug-likeness (QED) is 0.735. The van der Waals surface area contributed by atoms with E-state index >= 15 is 0 Å². The Balaban J connectivity index is 2.65. The van der Waals surface area contributed by atoms with Gasteiger partial charge in [-0.3, -0.25) is 4.79 Å². The standard InChI is InChI=1S/C9H8N4O/c10-4-9-12-5-7(6-13-9)2-1-3-8(11)14/h1-2,5-6H,3H2,(H2,11,14). The molecule has 0 aromatic carbocycles. The molecule has 0 spiro atoms. The molecule has 0 unspecified atom stereocenters. The van der Waals surface area contributed by atoms with Crippen molar-refractivity contribution in [3.8, 4) is 6.07 Å². The number of carbonyl (C=O) groups excluding carboxylic acids is 1. The molecule has 0 atom stereocenters. The van der Waals surface area contributed by atoms with E-state index in [0.717, 1.165) is 5.56 Å². The van der Waals surface area contributed by atoms with E-state index < -0.39 is 5.91 Å². The minimum atomic E-state index is -0.393. The van der Waals surface area contributed by atoms with Gasteiger partial charge in [-0.15, -0.1) is 0 Å². The summed E-state index contributed by atoms with van der Waals surface area (Å²) in [4.78, 5) is 17.9. The molecule has 70 valence electrons. The zero-order valence-electron chi connectivity index (χ0n) is 7.34. The second kappa shape index (κ2) is 4.72. The normalized spacial score (nSPS) is 9.93. The summed E-state index contributed by atoms with van der Waals surface area (Å²) in [7, 11) is 0. The van der Waals surface area contributed by atoms with Gasteiger partial charge in [0, 0.05) is 24.4 Å². The maximum absolute atomic E-state index is 10.4. The van der Waals surface area contributed by atoms with Gasteiger partial charge in [0.25, 0.3) is 0 Å². The molecule has 0 saturated heterocycles. The molecule has 1 aromatic heterocycles. The molecular formula is C9H8N4O. The third kappa shape index (κ3) is 3.03. The van der Waals surface area contributed by atoms with Crippen molar-refractivity contribution in [1.82, 2.24) is 9.97 Å². The van der Waals surface area contributed by atoms with Crippen molar-refractivity contribution >= 4 is 12.0 Å². The zero-order valence-corrected chi connectivity index (χ0v) is 7.34. The predicted octanol–water partition coefficient (Wildman–Crippen LogP) is 0.237. The molecule has 14 heavy (non-hydrogen) atoms. The van der Waals surface area contributed by atoms with Gasteiger partial charge in [0.1, 0.15) is 6.07 Å². The Morgan fingerprint density at radius 1 is 1.57 bits per heavy atom. The van der Waals surface area contributed by atoms with Crippen molar-refractivity contribution in [3.05, 3.63) is 29.9 Å². The summed E-state index contributed by atoms with van der Waals surface area (Å²) < 4.78 is 0. The Morgan fingerprint density at radius 3 is 2.71 bits per heavy atom. The summed E-state index contributed by atoms with van der Waals surface area (Å²) in [5, 5.41) is 8.42. The van der Waals surface area contributed by atoms with Gasteiger partial charge in [-0.1, -0.05) is 12.2 Å². The number of nitriles is 1. The SMILES string of the molecule is N#Cc1ncc(C=CCC(N)=O)cn1. The summed E-state index contributed by atoms with van der Waals surface area (Å²) in [5.41, 5.74) is 5.66. The van der Waals surface area contributed by atoms with Crippen LogP contribution in [0.25, 0.3) is 6.08 Å². The van der Waals surface area contributed by atoms with Crippen LogP contribution in [0.2, 0.25) is 0 Å². The highest BCUT2D eigenvalue weighted by Gasteiger charge is 1.92. The van der Waals surface area contributed by atoms with Crippen LogP contribution >= 0.6 is 0 Å². The maximum Gasteiger partial charge on any atom is 0.232 e. The van der Waals surface area contributed by atoms with Crippen molar-refractivity contribution in [3.63, 3.8) is 0 Å². The van der Waals surface area contributed by atoms with E-state index in [1.165, 1.54) is 12.4 Å². The highest BCUT2D eigenvalue weighted by atomic mass is 16.1. The fourth-order valence-corrected chi connectivity index (χ4v) is 0.793. The van der Waals surface area contributed by atoms with E-state index in [1.54, 1.807) is 12.2 Å². The van der Waals surface area contributed by atoms with E-state index in [1.807, 2.05) is 6.07 Å². The van der Waals surface area contributed by atoms with Gasteiger partial charge >= 0.3 is 0 Å². The van der Waals surface area contributed by atoms with Gasteiger partial charge in [-0.2, -0.15) is 5.26 Å². The van der Waals surface area contributed by atoms with Crippen LogP contribution in [-0.4, -0.2) is 15.9 Å². The van der Waals surface area contributed by atoms with Gasteiger partial charge in [-0.25, -0.2) is 9.97 Å². The van der Waals surface area contributed by atoms with Crippen LogP contribution in [0.3, 0.4) is 0 Å². The van der Waals surface area contributed by atoms with Crippen molar-refractivity contribution in [2.75, 3.05) is 0 Å². The number of hydrogen-bond acceptors (Lipinski definition) is 4.